The number of nitrogens with zero attached hydrogens (tertiary/aromatic N) is 3. The summed E-state index contributed by atoms with van der Waals surface area (Å²) in [4.78, 5) is 9.56. The number of hydrogen-bond acceptors (Lipinski definition) is 7. The van der Waals surface area contributed by atoms with Crippen molar-refractivity contribution in [2.24, 2.45) is 0 Å². The number of benzene rings is 1. The maximum Gasteiger partial charge on any atom is 0.301 e. The van der Waals surface area contributed by atoms with Gasteiger partial charge in [-0.15, -0.1) is 14.1 Å². The van der Waals surface area contributed by atoms with Crippen molar-refractivity contribution in [2.45, 2.75) is 56.8 Å². The Morgan fingerprint density at radius 2 is 1.89 bits per heavy atom. The average molecular weight is 583 g/mol. The van der Waals surface area contributed by atoms with Crippen LogP contribution in [0, 0.1) is 0 Å². The van der Waals surface area contributed by atoms with Gasteiger partial charge in [-0.3, -0.25) is 4.57 Å². The van der Waals surface area contributed by atoms with E-state index in [2.05, 4.69) is 40.6 Å². The van der Waals surface area contributed by atoms with Crippen LogP contribution in [-0.2, 0) is 20.9 Å². The second-order valence-corrected chi connectivity index (χ2v) is 17.1. The molecule has 5 rings (SSSR count). The minimum absolute atomic E-state index is 0.235. The molecule has 1 aromatic carbocycles. The Labute approximate surface area is 218 Å². The Morgan fingerprint density at radius 1 is 1.14 bits per heavy atom. The number of pyridine rings is 1. The SMILES string of the molecule is C[Si-](C)(C)CCOCn1c(O[C@@H]2CO[C@H]3[C@@H]2OC[C@H]3O)nc2cc(Cl)c(-c3ccc(Br)cc3)nc21. The zero-order valence-corrected chi connectivity index (χ0v) is 23.3. The molecule has 2 aromatic heterocycles. The smallest absolute Gasteiger partial charge is 0.301 e. The third-order valence-corrected chi connectivity index (χ3v) is 8.73. The molecule has 2 aliphatic rings. The van der Waals surface area contributed by atoms with E-state index < -0.39 is 20.3 Å². The quantitative estimate of drug-likeness (QED) is 0.303. The van der Waals surface area contributed by atoms with E-state index in [0.29, 0.717) is 41.1 Å². The zero-order valence-electron chi connectivity index (χ0n) is 19.9. The van der Waals surface area contributed by atoms with Gasteiger partial charge in [0, 0.05) is 16.6 Å². The topological polar surface area (TPSA) is 87.9 Å². The number of halogens is 2. The molecule has 0 unspecified atom stereocenters. The summed E-state index contributed by atoms with van der Waals surface area (Å²) in [5.41, 5.74) is 2.80. The van der Waals surface area contributed by atoms with Gasteiger partial charge in [0.05, 0.1) is 23.9 Å². The Kier molecular flexibility index (Phi) is 7.24. The first kappa shape index (κ1) is 25.1. The summed E-state index contributed by atoms with van der Waals surface area (Å²) < 4.78 is 26.6. The molecule has 4 heterocycles. The van der Waals surface area contributed by atoms with Gasteiger partial charge >= 0.3 is 6.01 Å². The molecule has 2 aliphatic heterocycles. The zero-order chi connectivity index (χ0) is 24.7. The lowest BCUT2D eigenvalue weighted by molar-refractivity contribution is 0.00336. The molecule has 0 bridgehead atoms. The lowest BCUT2D eigenvalue weighted by atomic mass is 10.1. The monoisotopic (exact) mass is 581 g/mol. The molecule has 1 N–H and O–H groups in total. The molecule has 2 fully saturated rings. The number of aliphatic hydroxyl groups is 1. The van der Waals surface area contributed by atoms with Crippen LogP contribution in [0.4, 0.5) is 0 Å². The predicted molar refractivity (Wildman–Crippen MR) is 140 cm³/mol. The summed E-state index contributed by atoms with van der Waals surface area (Å²) in [6, 6.07) is 11.0. The molecule has 8 nitrogen and oxygen atoms in total. The molecule has 0 saturated carbocycles. The van der Waals surface area contributed by atoms with E-state index in [4.69, 9.17) is 35.5 Å². The van der Waals surface area contributed by atoms with E-state index in [0.717, 1.165) is 16.1 Å². The minimum atomic E-state index is -1.24. The Balaban J connectivity index is 1.47. The predicted octanol–water partition coefficient (Wildman–Crippen LogP) is 4.73. The first-order chi connectivity index (χ1) is 16.7. The fourth-order valence-electron chi connectivity index (χ4n) is 4.24. The molecule has 189 valence electrons. The second kappa shape index (κ2) is 10.1. The van der Waals surface area contributed by atoms with Crippen molar-refractivity contribution in [3.63, 3.8) is 0 Å². The van der Waals surface area contributed by atoms with Gasteiger partial charge in [0.15, 0.2) is 11.8 Å². The molecular weight excluding hydrogens is 554 g/mol. The molecule has 35 heavy (non-hydrogen) atoms. The maximum absolute atomic E-state index is 10.1. The van der Waals surface area contributed by atoms with Crippen LogP contribution >= 0.6 is 27.5 Å². The highest BCUT2D eigenvalue weighted by molar-refractivity contribution is 9.10. The van der Waals surface area contributed by atoms with Gasteiger partial charge in [0.1, 0.15) is 30.6 Å². The Bertz CT molecular complexity index is 1200. The second-order valence-electron chi connectivity index (χ2n) is 10.2. The summed E-state index contributed by atoms with van der Waals surface area (Å²) in [6.07, 6.45) is -1.77. The van der Waals surface area contributed by atoms with Crippen molar-refractivity contribution < 1.29 is 24.1 Å². The van der Waals surface area contributed by atoms with Gasteiger partial charge in [-0.1, -0.05) is 39.7 Å². The van der Waals surface area contributed by atoms with E-state index in [-0.39, 0.29) is 25.5 Å². The van der Waals surface area contributed by atoms with Crippen LogP contribution in [-0.4, -0.2) is 72.0 Å². The highest BCUT2D eigenvalue weighted by Crippen LogP contribution is 2.34. The normalized spacial score (nSPS) is 24.3. The minimum Gasteiger partial charge on any atom is -0.456 e. The molecular formula is C24H29BrClN3O5Si-. The van der Waals surface area contributed by atoms with Crippen LogP contribution in [0.15, 0.2) is 34.8 Å². The van der Waals surface area contributed by atoms with E-state index in [1.54, 1.807) is 6.07 Å². The molecule has 11 heteroatoms. The number of aromatic nitrogens is 3. The first-order valence-electron chi connectivity index (χ1n) is 11.7. The van der Waals surface area contributed by atoms with Gasteiger partial charge in [0.25, 0.3) is 0 Å². The van der Waals surface area contributed by atoms with E-state index in [1.807, 2.05) is 28.8 Å². The number of hydrogen-bond donors (Lipinski definition) is 1. The molecule has 0 spiro atoms. The van der Waals surface area contributed by atoms with Crippen LogP contribution in [0.5, 0.6) is 6.01 Å². The van der Waals surface area contributed by atoms with Crippen molar-refractivity contribution in [2.75, 3.05) is 19.8 Å². The number of aliphatic hydroxyl groups excluding tert-OH is 1. The summed E-state index contributed by atoms with van der Waals surface area (Å²) in [5, 5.41) is 10.6. The summed E-state index contributed by atoms with van der Waals surface area (Å²) >= 11 is 10.1. The van der Waals surface area contributed by atoms with Crippen molar-refractivity contribution in [1.29, 1.82) is 0 Å². The van der Waals surface area contributed by atoms with Crippen molar-refractivity contribution in [3.05, 3.63) is 39.8 Å². The largest absolute Gasteiger partial charge is 0.456 e. The van der Waals surface area contributed by atoms with Gasteiger partial charge in [-0.25, -0.2) is 4.98 Å². The maximum atomic E-state index is 10.1. The standard InChI is InChI=1S/C24H29BrClN3O5Si/c1-35(2,3)9-8-31-13-29-23-17(10-16(26)20(28-23)14-4-6-15(25)7-5-14)27-24(29)34-19-12-33-21-18(30)11-32-22(19)21/h4-7,10,18-19,21-22,30H,8-9,11-13H2,1-3H3/q-1/t18-,19-,21-,22-/m1/s1. The van der Waals surface area contributed by atoms with Crippen molar-refractivity contribution >= 4 is 46.8 Å². The number of ether oxygens (including phenoxy) is 4. The molecule has 0 amide bonds. The summed E-state index contributed by atoms with van der Waals surface area (Å²) in [7, 11) is -1.24. The van der Waals surface area contributed by atoms with Crippen LogP contribution in [0.25, 0.3) is 22.4 Å². The fourth-order valence-corrected chi connectivity index (χ4v) is 5.51. The average Bonchev–Trinajstić information content (AvgIpc) is 3.46. The first-order valence-corrected chi connectivity index (χ1v) is 16.6. The van der Waals surface area contributed by atoms with E-state index in [1.165, 1.54) is 0 Å². The van der Waals surface area contributed by atoms with Crippen LogP contribution in [0.3, 0.4) is 0 Å². The molecule has 4 atom stereocenters. The van der Waals surface area contributed by atoms with Crippen molar-refractivity contribution in [3.8, 4) is 17.3 Å². The van der Waals surface area contributed by atoms with Gasteiger partial charge in [-0.2, -0.15) is 24.6 Å². The van der Waals surface area contributed by atoms with Gasteiger partial charge in [0.2, 0.25) is 0 Å². The molecule has 3 aromatic rings. The van der Waals surface area contributed by atoms with Crippen LogP contribution in [0.1, 0.15) is 0 Å². The number of fused-ring (bicyclic) bond motifs is 2. The molecule has 0 radical (unpaired) electrons. The summed E-state index contributed by atoms with van der Waals surface area (Å²) in [5.74, 6) is 0. The highest BCUT2D eigenvalue weighted by Gasteiger charge is 2.48. The lowest BCUT2D eigenvalue weighted by Gasteiger charge is -2.26. The van der Waals surface area contributed by atoms with Crippen LogP contribution in [0.2, 0.25) is 30.7 Å². The number of rotatable bonds is 8. The molecule has 2 saturated heterocycles. The third-order valence-electron chi connectivity index (χ3n) is 6.21. The van der Waals surface area contributed by atoms with E-state index >= 15 is 0 Å². The lowest BCUT2D eigenvalue weighted by Crippen LogP contribution is -2.35. The number of imidazole rings is 1. The van der Waals surface area contributed by atoms with Gasteiger partial charge < -0.3 is 24.1 Å². The molecule has 0 aliphatic carbocycles. The van der Waals surface area contributed by atoms with Crippen molar-refractivity contribution in [1.82, 2.24) is 14.5 Å². The van der Waals surface area contributed by atoms with Gasteiger partial charge in [-0.05, 0) is 18.2 Å². The van der Waals surface area contributed by atoms with E-state index in [9.17, 15) is 5.11 Å². The highest BCUT2D eigenvalue weighted by atomic mass is 79.9. The fraction of sp³-hybridized carbons (Fsp3) is 0.500. The third kappa shape index (κ3) is 5.43. The Morgan fingerprint density at radius 3 is 2.63 bits per heavy atom. The Hall–Kier alpha value is -1.53. The summed E-state index contributed by atoms with van der Waals surface area (Å²) in [6.45, 7) is 8.39. The van der Waals surface area contributed by atoms with Crippen LogP contribution < -0.4 is 4.74 Å².